The molecule has 0 rings (SSSR count). The molecule has 0 atom stereocenters. The molecular formula is H2LiMgO4S+3. The standard InChI is InChI=1S/Li.Mg.H2O4S/c;;1-5(2,3)4/h;;(H2,1,2,3,4)/q+1;+2;. The summed E-state index contributed by atoms with van der Waals surface area (Å²) in [6.45, 7) is 0. The van der Waals surface area contributed by atoms with E-state index in [9.17, 15) is 0 Å². The van der Waals surface area contributed by atoms with E-state index in [1.165, 1.54) is 0 Å². The van der Waals surface area contributed by atoms with Crippen LogP contribution in [-0.4, -0.2) is 40.6 Å². The van der Waals surface area contributed by atoms with Crippen LogP contribution in [0.2, 0.25) is 0 Å². The Morgan fingerprint density at radius 3 is 1.14 bits per heavy atom. The van der Waals surface area contributed by atoms with E-state index in [1.54, 1.807) is 0 Å². The molecule has 0 aromatic carbocycles. The zero-order chi connectivity index (χ0) is 4.50. The fraction of sp³-hybridized carbons (Fsp3) is 0. The molecule has 0 aromatic rings. The first-order chi connectivity index (χ1) is 2.00. The molecule has 32 valence electrons. The van der Waals surface area contributed by atoms with Gasteiger partial charge in [-0.3, -0.25) is 9.11 Å². The Kier molecular flexibility index (Phi) is 12.1. The predicted octanol–water partition coefficient (Wildman–Crippen LogP) is -4.03. The van der Waals surface area contributed by atoms with Gasteiger partial charge in [-0.05, 0) is 0 Å². The van der Waals surface area contributed by atoms with Crippen LogP contribution < -0.4 is 18.9 Å². The maximum Gasteiger partial charge on any atom is 2.00 e. The number of hydrogen-bond acceptors (Lipinski definition) is 2. The van der Waals surface area contributed by atoms with E-state index in [0.29, 0.717) is 0 Å². The molecule has 0 radical (unpaired) electrons. The number of hydrogen-bond donors (Lipinski definition) is 2. The van der Waals surface area contributed by atoms with E-state index in [4.69, 9.17) is 17.5 Å². The van der Waals surface area contributed by atoms with Gasteiger partial charge in [-0.15, -0.1) is 0 Å². The average molecular weight is 129 g/mol. The molecule has 4 nitrogen and oxygen atoms in total. The number of rotatable bonds is 0. The molecule has 2 N–H and O–H groups in total. The molecule has 0 saturated heterocycles. The zero-order valence-corrected chi connectivity index (χ0v) is 6.06. The fourth-order valence-corrected chi connectivity index (χ4v) is 0. The molecular weight excluding hydrogens is 127 g/mol. The van der Waals surface area contributed by atoms with Crippen LogP contribution in [0.1, 0.15) is 0 Å². The normalized spacial score (nSPS) is 8.29. The second kappa shape index (κ2) is 5.37. The molecule has 0 fully saturated rings. The topological polar surface area (TPSA) is 74.6 Å². The van der Waals surface area contributed by atoms with Crippen LogP contribution >= 0.6 is 0 Å². The van der Waals surface area contributed by atoms with Gasteiger partial charge in [0.05, 0.1) is 0 Å². The van der Waals surface area contributed by atoms with Crippen molar-refractivity contribution in [2.24, 2.45) is 0 Å². The Labute approximate surface area is 69.6 Å². The Hall–Kier alpha value is 1.23. The second-order valence-electron chi connectivity index (χ2n) is 0.448. The average Bonchev–Trinajstić information content (AvgIpc) is 0.722. The van der Waals surface area contributed by atoms with Crippen molar-refractivity contribution in [2.75, 3.05) is 0 Å². The van der Waals surface area contributed by atoms with E-state index < -0.39 is 10.4 Å². The van der Waals surface area contributed by atoms with Gasteiger partial charge in [-0.2, -0.15) is 8.42 Å². The molecule has 0 aliphatic heterocycles. The Balaban J connectivity index is -0.0000000800. The van der Waals surface area contributed by atoms with Gasteiger partial charge >= 0.3 is 52.3 Å². The molecule has 0 spiro atoms. The van der Waals surface area contributed by atoms with E-state index in [2.05, 4.69) is 0 Å². The molecule has 0 amide bonds. The minimum atomic E-state index is -4.67. The van der Waals surface area contributed by atoms with E-state index in [0.717, 1.165) is 0 Å². The van der Waals surface area contributed by atoms with Gasteiger partial charge in [0.1, 0.15) is 0 Å². The van der Waals surface area contributed by atoms with Gasteiger partial charge in [-0.25, -0.2) is 0 Å². The van der Waals surface area contributed by atoms with Gasteiger partial charge < -0.3 is 0 Å². The van der Waals surface area contributed by atoms with Crippen LogP contribution in [0.4, 0.5) is 0 Å². The van der Waals surface area contributed by atoms with Crippen LogP contribution in [0.3, 0.4) is 0 Å². The van der Waals surface area contributed by atoms with Crippen molar-refractivity contribution in [3.05, 3.63) is 0 Å². The van der Waals surface area contributed by atoms with E-state index >= 15 is 0 Å². The fourth-order valence-electron chi connectivity index (χ4n) is 0. The molecule has 0 bridgehead atoms. The summed E-state index contributed by atoms with van der Waals surface area (Å²) >= 11 is 0. The summed E-state index contributed by atoms with van der Waals surface area (Å²) in [4.78, 5) is 0. The summed E-state index contributed by atoms with van der Waals surface area (Å²) in [5.41, 5.74) is 0. The minimum absolute atomic E-state index is 0. The monoisotopic (exact) mass is 129 g/mol. The summed E-state index contributed by atoms with van der Waals surface area (Å²) in [6, 6.07) is 0. The van der Waals surface area contributed by atoms with Gasteiger partial charge in [0.2, 0.25) is 0 Å². The third kappa shape index (κ3) is 130. The first-order valence-corrected chi connectivity index (χ1v) is 2.10. The second-order valence-corrected chi connectivity index (χ2v) is 1.34. The predicted molar refractivity (Wildman–Crippen MR) is 19.9 cm³/mol. The van der Waals surface area contributed by atoms with Crippen molar-refractivity contribution >= 4 is 33.5 Å². The Morgan fingerprint density at radius 1 is 1.14 bits per heavy atom. The van der Waals surface area contributed by atoms with Crippen molar-refractivity contribution in [1.82, 2.24) is 0 Å². The maximum absolute atomic E-state index is 8.74. The van der Waals surface area contributed by atoms with Crippen LogP contribution in [0, 0.1) is 0 Å². The minimum Gasteiger partial charge on any atom is -0.264 e. The van der Waals surface area contributed by atoms with E-state index in [1.807, 2.05) is 0 Å². The van der Waals surface area contributed by atoms with Crippen molar-refractivity contribution < 1.29 is 36.4 Å². The quantitative estimate of drug-likeness (QED) is 0.258. The zero-order valence-electron chi connectivity index (χ0n) is 3.83. The molecule has 0 saturated carbocycles. The summed E-state index contributed by atoms with van der Waals surface area (Å²) < 4.78 is 31.6. The third-order valence-electron chi connectivity index (χ3n) is 0. The van der Waals surface area contributed by atoms with Gasteiger partial charge in [0.15, 0.2) is 0 Å². The maximum atomic E-state index is 8.74. The molecule has 0 unspecified atom stereocenters. The Bertz CT molecular complexity index is 94.9. The molecule has 0 aliphatic rings. The van der Waals surface area contributed by atoms with Crippen LogP contribution in [0.5, 0.6) is 0 Å². The van der Waals surface area contributed by atoms with Crippen LogP contribution in [-0.2, 0) is 10.4 Å². The van der Waals surface area contributed by atoms with Crippen LogP contribution in [0.25, 0.3) is 0 Å². The summed E-state index contributed by atoms with van der Waals surface area (Å²) in [7, 11) is -4.67. The SMILES string of the molecule is O=S(=O)(O)O.[Li+].[Mg+2]. The van der Waals surface area contributed by atoms with Gasteiger partial charge in [0.25, 0.3) is 0 Å². The summed E-state index contributed by atoms with van der Waals surface area (Å²) in [5, 5.41) is 0. The molecule has 0 aromatic heterocycles. The molecule has 7 heteroatoms. The largest absolute Gasteiger partial charge is 2.00 e. The van der Waals surface area contributed by atoms with Crippen molar-refractivity contribution in [1.29, 1.82) is 0 Å². The first-order valence-electron chi connectivity index (χ1n) is 0.698. The Morgan fingerprint density at radius 2 is 1.14 bits per heavy atom. The summed E-state index contributed by atoms with van der Waals surface area (Å²) in [5.74, 6) is 0. The molecule has 7 heavy (non-hydrogen) atoms. The first kappa shape index (κ1) is 15.7. The third-order valence-corrected chi connectivity index (χ3v) is 0. The molecule has 0 heterocycles. The van der Waals surface area contributed by atoms with Gasteiger partial charge in [0, 0.05) is 0 Å². The van der Waals surface area contributed by atoms with E-state index in [-0.39, 0.29) is 41.9 Å². The molecule has 0 aliphatic carbocycles. The van der Waals surface area contributed by atoms with Crippen molar-refractivity contribution in [3.8, 4) is 0 Å². The van der Waals surface area contributed by atoms with Crippen molar-refractivity contribution in [2.45, 2.75) is 0 Å². The smallest absolute Gasteiger partial charge is 0.264 e. The van der Waals surface area contributed by atoms with Crippen LogP contribution in [0.15, 0.2) is 0 Å². The van der Waals surface area contributed by atoms with Crippen molar-refractivity contribution in [3.63, 3.8) is 0 Å². The summed E-state index contributed by atoms with van der Waals surface area (Å²) in [6.07, 6.45) is 0. The van der Waals surface area contributed by atoms with Gasteiger partial charge in [-0.1, -0.05) is 0 Å².